The first-order valence-corrected chi connectivity index (χ1v) is 8.25. The number of rotatable bonds is 5. The second kappa shape index (κ2) is 7.39. The molecule has 1 unspecified atom stereocenters. The van der Waals surface area contributed by atoms with Crippen molar-refractivity contribution in [1.82, 2.24) is 9.80 Å². The number of piperazine rings is 1. The molecule has 3 heteroatoms. The quantitative estimate of drug-likeness (QED) is 0.904. The zero-order valence-electron chi connectivity index (χ0n) is 14.1. The fraction of sp³-hybridized carbons (Fsp3) is 0.667. The van der Waals surface area contributed by atoms with E-state index in [4.69, 9.17) is 5.73 Å². The van der Waals surface area contributed by atoms with Gasteiger partial charge in [0, 0.05) is 45.3 Å². The third kappa shape index (κ3) is 4.29. The molecule has 1 aliphatic rings. The summed E-state index contributed by atoms with van der Waals surface area (Å²) in [6.07, 6.45) is 0. The first kappa shape index (κ1) is 16.5. The van der Waals surface area contributed by atoms with Crippen molar-refractivity contribution in [3.8, 4) is 0 Å². The van der Waals surface area contributed by atoms with E-state index in [9.17, 15) is 0 Å². The van der Waals surface area contributed by atoms with Gasteiger partial charge in [0.15, 0.2) is 0 Å². The lowest BCUT2D eigenvalue weighted by Gasteiger charge is -2.39. The standard InChI is InChI=1S/C18H31N3/c1-14(2)13-20-7-9-21(10-8-20)18(12-19)17-6-5-15(3)16(4)11-17/h5-6,11,14,18H,7-10,12-13,19H2,1-4H3. The molecule has 0 aromatic heterocycles. The van der Waals surface area contributed by atoms with Gasteiger partial charge in [0.25, 0.3) is 0 Å². The van der Waals surface area contributed by atoms with E-state index < -0.39 is 0 Å². The SMILES string of the molecule is Cc1ccc(C(CN)N2CCN(CC(C)C)CC2)cc1C. The van der Waals surface area contributed by atoms with E-state index in [1.165, 1.54) is 36.3 Å². The van der Waals surface area contributed by atoms with Gasteiger partial charge in [0.1, 0.15) is 0 Å². The summed E-state index contributed by atoms with van der Waals surface area (Å²) in [6.45, 7) is 15.4. The number of hydrogen-bond acceptors (Lipinski definition) is 3. The van der Waals surface area contributed by atoms with E-state index in [0.717, 1.165) is 19.0 Å². The first-order chi connectivity index (χ1) is 10.0. The van der Waals surface area contributed by atoms with Crippen LogP contribution in [0, 0.1) is 19.8 Å². The average Bonchev–Trinajstić information content (AvgIpc) is 2.45. The Morgan fingerprint density at radius 3 is 2.24 bits per heavy atom. The molecule has 1 heterocycles. The van der Waals surface area contributed by atoms with E-state index in [1.807, 2.05) is 0 Å². The van der Waals surface area contributed by atoms with Gasteiger partial charge in [-0.05, 0) is 36.5 Å². The summed E-state index contributed by atoms with van der Waals surface area (Å²) in [4.78, 5) is 5.13. The van der Waals surface area contributed by atoms with Gasteiger partial charge in [-0.15, -0.1) is 0 Å². The van der Waals surface area contributed by atoms with E-state index in [2.05, 4.69) is 55.7 Å². The number of hydrogen-bond donors (Lipinski definition) is 1. The van der Waals surface area contributed by atoms with Crippen LogP contribution < -0.4 is 5.73 Å². The van der Waals surface area contributed by atoms with Crippen molar-refractivity contribution >= 4 is 0 Å². The van der Waals surface area contributed by atoms with Crippen LogP contribution in [-0.4, -0.2) is 49.1 Å². The Labute approximate surface area is 130 Å². The van der Waals surface area contributed by atoms with E-state index >= 15 is 0 Å². The largest absolute Gasteiger partial charge is 0.329 e. The molecular formula is C18H31N3. The van der Waals surface area contributed by atoms with Crippen molar-refractivity contribution in [2.24, 2.45) is 11.7 Å². The Balaban J connectivity index is 2.00. The highest BCUT2D eigenvalue weighted by atomic mass is 15.3. The van der Waals surface area contributed by atoms with Crippen LogP contribution in [0.15, 0.2) is 18.2 Å². The van der Waals surface area contributed by atoms with Crippen LogP contribution in [0.3, 0.4) is 0 Å². The lowest BCUT2D eigenvalue weighted by molar-refractivity contribution is 0.0912. The average molecular weight is 289 g/mol. The molecule has 1 aliphatic heterocycles. The molecule has 2 rings (SSSR count). The van der Waals surface area contributed by atoms with Crippen molar-refractivity contribution in [2.45, 2.75) is 33.7 Å². The first-order valence-electron chi connectivity index (χ1n) is 8.25. The number of nitrogens with two attached hydrogens (primary N) is 1. The lowest BCUT2D eigenvalue weighted by Crippen LogP contribution is -2.49. The highest BCUT2D eigenvalue weighted by molar-refractivity contribution is 5.32. The third-order valence-corrected chi connectivity index (χ3v) is 4.61. The van der Waals surface area contributed by atoms with Crippen LogP contribution in [0.1, 0.15) is 36.6 Å². The molecule has 0 aliphatic carbocycles. The van der Waals surface area contributed by atoms with Gasteiger partial charge in [-0.25, -0.2) is 0 Å². The Bertz CT molecular complexity index is 448. The lowest BCUT2D eigenvalue weighted by atomic mass is 9.99. The van der Waals surface area contributed by atoms with Gasteiger partial charge in [-0.2, -0.15) is 0 Å². The third-order valence-electron chi connectivity index (χ3n) is 4.61. The monoisotopic (exact) mass is 289 g/mol. The smallest absolute Gasteiger partial charge is 0.0471 e. The normalized spacial score (nSPS) is 19.1. The summed E-state index contributed by atoms with van der Waals surface area (Å²) in [5.41, 5.74) is 10.2. The van der Waals surface area contributed by atoms with Crippen LogP contribution in [0.2, 0.25) is 0 Å². The van der Waals surface area contributed by atoms with Gasteiger partial charge >= 0.3 is 0 Å². The second-order valence-corrected chi connectivity index (χ2v) is 6.83. The molecule has 1 aromatic carbocycles. The summed E-state index contributed by atoms with van der Waals surface area (Å²) in [7, 11) is 0. The van der Waals surface area contributed by atoms with Crippen LogP contribution in [0.5, 0.6) is 0 Å². The number of aryl methyl sites for hydroxylation is 2. The molecule has 0 amide bonds. The topological polar surface area (TPSA) is 32.5 Å². The van der Waals surface area contributed by atoms with Gasteiger partial charge in [-0.3, -0.25) is 4.90 Å². The van der Waals surface area contributed by atoms with Crippen molar-refractivity contribution in [2.75, 3.05) is 39.3 Å². The van der Waals surface area contributed by atoms with Crippen molar-refractivity contribution in [3.63, 3.8) is 0 Å². The van der Waals surface area contributed by atoms with Crippen LogP contribution in [0.25, 0.3) is 0 Å². The second-order valence-electron chi connectivity index (χ2n) is 6.83. The van der Waals surface area contributed by atoms with Crippen molar-refractivity contribution in [3.05, 3.63) is 34.9 Å². The molecule has 0 saturated carbocycles. The summed E-state index contributed by atoms with van der Waals surface area (Å²) < 4.78 is 0. The molecule has 1 atom stereocenters. The van der Waals surface area contributed by atoms with E-state index in [1.54, 1.807) is 0 Å². The van der Waals surface area contributed by atoms with Crippen LogP contribution in [-0.2, 0) is 0 Å². The highest BCUT2D eigenvalue weighted by Gasteiger charge is 2.24. The Morgan fingerprint density at radius 1 is 1.05 bits per heavy atom. The summed E-state index contributed by atoms with van der Waals surface area (Å²) in [5, 5.41) is 0. The van der Waals surface area contributed by atoms with Gasteiger partial charge < -0.3 is 10.6 Å². The maximum Gasteiger partial charge on any atom is 0.0471 e. The predicted molar refractivity (Wildman–Crippen MR) is 90.6 cm³/mol. The highest BCUT2D eigenvalue weighted by Crippen LogP contribution is 2.23. The van der Waals surface area contributed by atoms with Crippen LogP contribution in [0.4, 0.5) is 0 Å². The zero-order chi connectivity index (χ0) is 15.4. The Morgan fingerprint density at radius 2 is 1.71 bits per heavy atom. The van der Waals surface area contributed by atoms with Crippen molar-refractivity contribution < 1.29 is 0 Å². The summed E-state index contributed by atoms with van der Waals surface area (Å²) >= 11 is 0. The molecule has 3 nitrogen and oxygen atoms in total. The molecule has 1 saturated heterocycles. The maximum atomic E-state index is 6.08. The Hall–Kier alpha value is -0.900. The van der Waals surface area contributed by atoms with Gasteiger partial charge in [-0.1, -0.05) is 32.0 Å². The summed E-state index contributed by atoms with van der Waals surface area (Å²) in [6, 6.07) is 7.15. The minimum absolute atomic E-state index is 0.366. The number of nitrogens with zero attached hydrogens (tertiary/aromatic N) is 2. The predicted octanol–water partition coefficient (Wildman–Crippen LogP) is 2.58. The molecular weight excluding hydrogens is 258 g/mol. The van der Waals surface area contributed by atoms with Crippen LogP contribution >= 0.6 is 0 Å². The van der Waals surface area contributed by atoms with E-state index in [0.29, 0.717) is 12.6 Å². The molecule has 118 valence electrons. The molecule has 21 heavy (non-hydrogen) atoms. The maximum absolute atomic E-state index is 6.08. The van der Waals surface area contributed by atoms with Gasteiger partial charge in [0.05, 0.1) is 0 Å². The Kier molecular flexibility index (Phi) is 5.80. The van der Waals surface area contributed by atoms with E-state index in [-0.39, 0.29) is 0 Å². The minimum atomic E-state index is 0.366. The van der Waals surface area contributed by atoms with Gasteiger partial charge in [0.2, 0.25) is 0 Å². The molecule has 0 spiro atoms. The fourth-order valence-electron chi connectivity index (χ4n) is 3.24. The molecule has 0 bridgehead atoms. The molecule has 2 N–H and O–H groups in total. The molecule has 1 fully saturated rings. The summed E-state index contributed by atoms with van der Waals surface area (Å²) in [5.74, 6) is 0.751. The zero-order valence-corrected chi connectivity index (χ0v) is 14.1. The fourth-order valence-corrected chi connectivity index (χ4v) is 3.24. The number of benzene rings is 1. The van der Waals surface area contributed by atoms with Crippen molar-refractivity contribution in [1.29, 1.82) is 0 Å². The molecule has 0 radical (unpaired) electrons. The molecule has 1 aromatic rings. The minimum Gasteiger partial charge on any atom is -0.329 e.